The third-order valence-corrected chi connectivity index (χ3v) is 18.0. The minimum absolute atomic E-state index is 0.311. The van der Waals surface area contributed by atoms with Crippen LogP contribution in [0.5, 0.6) is 86.2 Å². The molecule has 15 N–H and O–H groups in total. The van der Waals surface area contributed by atoms with Gasteiger partial charge in [-0.15, -0.1) is 0 Å². The lowest BCUT2D eigenvalue weighted by Crippen LogP contribution is -2.22. The molecule has 12 heterocycles. The van der Waals surface area contributed by atoms with E-state index >= 15 is 0 Å². The number of anilines is 13. The zero-order valence-electron chi connectivity index (χ0n) is 66.2. The molecule has 12 aromatic rings. The van der Waals surface area contributed by atoms with Gasteiger partial charge in [-0.05, 0) is 119 Å². The van der Waals surface area contributed by atoms with Gasteiger partial charge in [0.25, 0.3) is 0 Å². The van der Waals surface area contributed by atoms with Crippen LogP contribution < -0.4 is 137 Å². The van der Waals surface area contributed by atoms with Gasteiger partial charge in [0.1, 0.15) is 53.2 Å². The molecule has 39 nitrogen and oxygen atoms in total. The van der Waals surface area contributed by atoms with Crippen LogP contribution >= 0.6 is 0 Å². The number of benzene rings is 6. The summed E-state index contributed by atoms with van der Waals surface area (Å²) in [5.41, 5.74) is 26.3. The third-order valence-electron chi connectivity index (χ3n) is 18.0. The summed E-state index contributed by atoms with van der Waals surface area (Å²) in [6.07, 6.45) is 12.2. The van der Waals surface area contributed by atoms with Crippen molar-refractivity contribution in [3.8, 4) is 86.2 Å². The Morgan fingerprint density at radius 1 is 0.345 bits per heavy atom. The second-order valence-electron chi connectivity index (χ2n) is 27.2. The lowest BCUT2D eigenvalue weighted by Gasteiger charge is -2.23. The van der Waals surface area contributed by atoms with Crippen LogP contribution in [-0.4, -0.2) is 135 Å². The van der Waals surface area contributed by atoms with Gasteiger partial charge in [-0.1, -0.05) is 48.5 Å². The Morgan fingerprint density at radius 2 is 0.672 bits per heavy atom. The summed E-state index contributed by atoms with van der Waals surface area (Å²) in [5, 5.41) is 21.9. The molecule has 6 aromatic heterocycles. The van der Waals surface area contributed by atoms with Crippen LogP contribution in [-0.2, 0) is 48.7 Å². The number of nitrogens with zero attached hydrogens (tertiary/aromatic N) is 13. The molecule has 618 valence electrons. The molecule has 6 aliphatic rings. The highest BCUT2D eigenvalue weighted by molar-refractivity contribution is 5.84. The molecule has 6 aliphatic heterocycles. The molecule has 0 atom stereocenters. The smallest absolute Gasteiger partial charge is 0.349 e. The highest BCUT2D eigenvalue weighted by Gasteiger charge is 2.28. The van der Waals surface area contributed by atoms with Crippen molar-refractivity contribution in [1.82, 2.24) is 62.2 Å². The lowest BCUT2D eigenvalue weighted by atomic mass is 10.1. The first-order valence-corrected chi connectivity index (χ1v) is 37.5. The van der Waals surface area contributed by atoms with Gasteiger partial charge in [-0.25, -0.2) is 28.8 Å². The summed E-state index contributed by atoms with van der Waals surface area (Å²) < 4.78 is 59.8. The van der Waals surface area contributed by atoms with E-state index in [4.69, 9.17) is 65.6 Å². The summed E-state index contributed by atoms with van der Waals surface area (Å²) in [5.74, 6) is 11.6. The van der Waals surface area contributed by atoms with E-state index in [1.807, 2.05) is 128 Å². The Balaban J connectivity index is 0.000000124. The first-order chi connectivity index (χ1) is 57.5. The predicted octanol–water partition coefficient (Wildman–Crippen LogP) is 8.05. The second-order valence-corrected chi connectivity index (χ2v) is 27.2. The fourth-order valence-electron chi connectivity index (χ4n) is 11.9. The van der Waals surface area contributed by atoms with Crippen LogP contribution in [0, 0.1) is 0 Å². The van der Waals surface area contributed by atoms with Crippen LogP contribution in [0.15, 0.2) is 181 Å². The van der Waals surface area contributed by atoms with Crippen molar-refractivity contribution in [2.75, 3.05) is 110 Å². The predicted molar refractivity (Wildman–Crippen MR) is 448 cm³/mol. The summed E-state index contributed by atoms with van der Waals surface area (Å²) in [6, 6.07) is 35.5. The monoisotopic (exact) mass is 1620 g/mol. The maximum atomic E-state index is 11.7. The van der Waals surface area contributed by atoms with Crippen molar-refractivity contribution >= 4 is 74.7 Å². The summed E-state index contributed by atoms with van der Waals surface area (Å²) in [4.78, 5) is 95.1. The van der Waals surface area contributed by atoms with Gasteiger partial charge >= 0.3 is 34.1 Å². The third kappa shape index (κ3) is 19.4. The van der Waals surface area contributed by atoms with Crippen LogP contribution in [0.1, 0.15) is 18.4 Å². The standard InChI is InChI=1S/C15H18N4O3.C14H16N4O3.C14H16N4O2.C13H15N5O2.C13H14N4O3.C11H9N3O2/c1-18(2)7-8-21-10-5-4-6-11-13(10)16-14-12(22-11)9-19(3)15(20)17-14;1-18-8-11-13(17-14(18)19)16-12-9(20-7-3-6-15)4-2-5-10(12)21-11;1-18-8-11-13(17-14(18)19)16-12-9(5-3-7-15)4-2-6-10(12)20-11;1-18-7-10-12(17-13(18)19)16-11-8(15-6-5-14)3-2-4-9(11)20-10;1-17-7-10-12(16-13(17)18)15-11-8(19-6-5-14)3-2-4-9(11)20-10;1-14-6-9-10(13-11(14)15)12-7-4-2-3-5-8(7)16-9/h4-6,9H,7-8H2,1-3H3,(H,16,17,20);2,4-5,8H,3,6-7,15H2,1H3,(H,16,17,19);2,4,6,8H,3,5,7,15H2,1H3,(H,16,17,19);2-4,7,15H,5-6,14H2,1H3,(H,16,17,19);2-4,7H,5-6,14H2,1H3,(H,15,16,18);2-6H,1H3,(H,12,13,15). The Labute approximate surface area is 678 Å². The second kappa shape index (κ2) is 37.2. The molecule has 119 heavy (non-hydrogen) atoms. The van der Waals surface area contributed by atoms with Gasteiger partial charge in [0.15, 0.2) is 104 Å². The fourth-order valence-corrected chi connectivity index (χ4v) is 11.9. The number of fused-ring (bicyclic) bond motifs is 12. The number of aryl methyl sites for hydroxylation is 7. The number of nitrogens with two attached hydrogens (primary N) is 4. The lowest BCUT2D eigenvalue weighted by molar-refractivity contribution is 0.261. The Morgan fingerprint density at radius 3 is 1.07 bits per heavy atom. The number of ether oxygens (including phenoxy) is 9. The van der Waals surface area contributed by atoms with Crippen LogP contribution in [0.4, 0.5) is 74.7 Å². The van der Waals surface area contributed by atoms with Crippen molar-refractivity contribution in [3.63, 3.8) is 0 Å². The number of hydrogen-bond acceptors (Lipinski definition) is 33. The van der Waals surface area contributed by atoms with E-state index in [2.05, 4.69) is 67.1 Å². The summed E-state index contributed by atoms with van der Waals surface area (Å²) >= 11 is 0. The molecule has 0 aliphatic carbocycles. The van der Waals surface area contributed by atoms with Crippen molar-refractivity contribution in [1.29, 1.82) is 0 Å². The van der Waals surface area contributed by atoms with E-state index in [1.165, 1.54) is 27.4 Å². The maximum absolute atomic E-state index is 11.7. The van der Waals surface area contributed by atoms with E-state index in [9.17, 15) is 28.8 Å². The molecule has 0 radical (unpaired) electrons. The average molecular weight is 1630 g/mol. The molecule has 0 amide bonds. The molecule has 0 saturated carbocycles. The number of rotatable bonds is 17. The highest BCUT2D eigenvalue weighted by atomic mass is 16.5. The minimum atomic E-state index is -0.358. The number of hydrogen-bond donors (Lipinski definition) is 11. The Kier molecular flexibility index (Phi) is 25.7. The number of likely N-dealkylation sites (N-methyl/N-ethyl adjacent to an activating group) is 1. The average Bonchev–Trinajstić information content (AvgIpc) is 0.797. The van der Waals surface area contributed by atoms with Crippen molar-refractivity contribution in [2.24, 2.45) is 65.2 Å². The molecule has 0 spiro atoms. The number of para-hydroxylation sites is 7. The van der Waals surface area contributed by atoms with Crippen molar-refractivity contribution in [3.05, 3.63) is 221 Å². The normalized spacial score (nSPS) is 12.0. The van der Waals surface area contributed by atoms with Crippen molar-refractivity contribution < 1.29 is 42.6 Å². The van der Waals surface area contributed by atoms with E-state index < -0.39 is 0 Å². The molecule has 0 unspecified atom stereocenters. The quantitative estimate of drug-likeness (QED) is 0.0384. The van der Waals surface area contributed by atoms with Gasteiger partial charge in [0.05, 0.1) is 60.9 Å². The molecule has 0 fully saturated rings. The van der Waals surface area contributed by atoms with E-state index in [0.29, 0.717) is 179 Å². The first-order valence-electron chi connectivity index (χ1n) is 37.5. The highest BCUT2D eigenvalue weighted by Crippen LogP contribution is 2.50. The van der Waals surface area contributed by atoms with Gasteiger partial charge in [-0.3, -0.25) is 27.4 Å². The molecule has 0 saturated heterocycles. The molecular weight excluding hydrogens is 1540 g/mol. The molecule has 6 aromatic carbocycles. The maximum Gasteiger partial charge on any atom is 0.349 e. The minimum Gasteiger partial charge on any atom is -0.491 e. The molecular formula is C80H88N24O15. The summed E-state index contributed by atoms with van der Waals surface area (Å²) in [7, 11) is 13.8. The summed E-state index contributed by atoms with van der Waals surface area (Å²) in [6.45, 7) is 5.08. The SMILES string of the molecule is CN(C)CCOc1cccc2c1Nc1nc(=O)n(C)cc1O2.Cn1cc2c(nc1=O)Nc1c(CCCN)cccc1O2.Cn1cc2c(nc1=O)Nc1c(NCCN)cccc1O2.Cn1cc2c(nc1=O)Nc1c(OCCCN)cccc1O2.Cn1cc2c(nc1=O)Nc1c(OCCN)cccc1O2.Cn1cc2c(nc1=O)Nc1ccccc1O2. The van der Waals surface area contributed by atoms with Gasteiger partial charge in [0.2, 0.25) is 0 Å². The zero-order chi connectivity index (χ0) is 84.0. The van der Waals surface area contributed by atoms with Gasteiger partial charge in [0, 0.05) is 68.5 Å². The van der Waals surface area contributed by atoms with Crippen LogP contribution in [0.2, 0.25) is 0 Å². The topological polar surface area (TPSA) is 484 Å². The van der Waals surface area contributed by atoms with Crippen LogP contribution in [0.25, 0.3) is 0 Å². The van der Waals surface area contributed by atoms with Crippen molar-refractivity contribution in [2.45, 2.75) is 19.3 Å². The largest absolute Gasteiger partial charge is 0.491 e. The number of nitrogens with one attached hydrogen (secondary N) is 7. The van der Waals surface area contributed by atoms with Gasteiger partial charge in [-0.2, -0.15) is 29.9 Å². The molecule has 39 heteroatoms. The number of aromatic nitrogens is 12. The Hall–Kier alpha value is -14.8. The molecule has 18 rings (SSSR count). The van der Waals surface area contributed by atoms with Crippen LogP contribution in [0.3, 0.4) is 0 Å². The first kappa shape index (κ1) is 82.2. The fraction of sp³-hybridized carbons (Fsp3) is 0.250. The van der Waals surface area contributed by atoms with E-state index in [0.717, 1.165) is 65.6 Å². The zero-order valence-corrected chi connectivity index (χ0v) is 66.2. The van der Waals surface area contributed by atoms with E-state index in [1.54, 1.807) is 85.5 Å². The van der Waals surface area contributed by atoms with Gasteiger partial charge < -0.3 is 108 Å². The van der Waals surface area contributed by atoms with E-state index in [-0.39, 0.29) is 34.1 Å². The Bertz CT molecular complexity index is 5840. The molecule has 0 bridgehead atoms.